The van der Waals surface area contributed by atoms with Crippen LogP contribution in [0.25, 0.3) is 0 Å². The summed E-state index contributed by atoms with van der Waals surface area (Å²) in [5.74, 6) is -0.0911. The van der Waals surface area contributed by atoms with Gasteiger partial charge in [0.15, 0.2) is 0 Å². The third-order valence-electron chi connectivity index (χ3n) is 2.77. The van der Waals surface area contributed by atoms with Crippen molar-refractivity contribution < 1.29 is 12.8 Å². The average Bonchev–Trinajstić information content (AvgIpc) is 2.46. The van der Waals surface area contributed by atoms with Gasteiger partial charge in [-0.1, -0.05) is 29.8 Å². The highest BCUT2D eigenvalue weighted by atomic mass is 35.5. The van der Waals surface area contributed by atoms with Crippen molar-refractivity contribution in [2.24, 2.45) is 0 Å². The number of nitrogens with zero attached hydrogens (tertiary/aromatic N) is 1. The van der Waals surface area contributed by atoms with Crippen LogP contribution in [0.3, 0.4) is 0 Å². The van der Waals surface area contributed by atoms with Crippen molar-refractivity contribution in [2.45, 2.75) is 11.4 Å². The van der Waals surface area contributed by atoms with E-state index >= 15 is 0 Å². The van der Waals surface area contributed by atoms with Crippen molar-refractivity contribution in [3.05, 3.63) is 52.9 Å². The van der Waals surface area contributed by atoms with Gasteiger partial charge in [0.05, 0.1) is 5.02 Å². The van der Waals surface area contributed by atoms with Crippen LogP contribution in [0.1, 0.15) is 5.56 Å². The van der Waals surface area contributed by atoms with Gasteiger partial charge in [-0.3, -0.25) is 0 Å². The van der Waals surface area contributed by atoms with Gasteiger partial charge in [-0.15, -0.1) is 0 Å². The van der Waals surface area contributed by atoms with E-state index in [-0.39, 0.29) is 22.0 Å². The summed E-state index contributed by atoms with van der Waals surface area (Å²) in [7, 11) is -2.19. The number of rotatable bonds is 5. The van der Waals surface area contributed by atoms with Gasteiger partial charge in [0, 0.05) is 25.4 Å². The molecule has 0 fully saturated rings. The molecule has 1 heterocycles. The van der Waals surface area contributed by atoms with Crippen LogP contribution in [0.15, 0.2) is 41.4 Å². The molecule has 2 rings (SSSR count). The molecule has 0 saturated carbocycles. The summed E-state index contributed by atoms with van der Waals surface area (Å²) in [5, 5.41) is 2.92. The minimum Gasteiger partial charge on any atom is -0.372 e. The monoisotopic (exact) mass is 329 g/mol. The minimum absolute atomic E-state index is 0.0807. The Kier molecular flexibility index (Phi) is 4.76. The molecule has 0 aliphatic carbocycles. The molecule has 21 heavy (non-hydrogen) atoms. The van der Waals surface area contributed by atoms with Gasteiger partial charge in [0.2, 0.25) is 10.0 Å². The molecule has 0 atom stereocenters. The van der Waals surface area contributed by atoms with Crippen molar-refractivity contribution in [3.63, 3.8) is 0 Å². The molecule has 0 spiro atoms. The molecular weight excluding hydrogens is 317 g/mol. The van der Waals surface area contributed by atoms with Crippen molar-refractivity contribution >= 4 is 27.4 Å². The van der Waals surface area contributed by atoms with E-state index in [1.165, 1.54) is 30.5 Å². The Morgan fingerprint density at radius 3 is 2.67 bits per heavy atom. The summed E-state index contributed by atoms with van der Waals surface area (Å²) in [4.78, 5) is 3.82. The molecule has 0 aliphatic rings. The highest BCUT2D eigenvalue weighted by Gasteiger charge is 2.16. The van der Waals surface area contributed by atoms with Gasteiger partial charge < -0.3 is 5.32 Å². The molecule has 0 saturated heterocycles. The van der Waals surface area contributed by atoms with Crippen LogP contribution < -0.4 is 10.0 Å². The van der Waals surface area contributed by atoms with E-state index in [2.05, 4.69) is 15.0 Å². The number of aromatic nitrogens is 1. The van der Waals surface area contributed by atoms with Crippen LogP contribution in [0.2, 0.25) is 5.02 Å². The first-order chi connectivity index (χ1) is 9.94. The van der Waals surface area contributed by atoms with Gasteiger partial charge in [-0.25, -0.2) is 22.5 Å². The molecule has 1 aromatic carbocycles. The second-order valence-electron chi connectivity index (χ2n) is 4.17. The summed E-state index contributed by atoms with van der Waals surface area (Å²) < 4.78 is 40.0. The number of anilines is 1. The molecule has 0 aliphatic heterocycles. The Balaban J connectivity index is 2.19. The van der Waals surface area contributed by atoms with E-state index in [1.54, 1.807) is 13.1 Å². The summed E-state index contributed by atoms with van der Waals surface area (Å²) in [5.41, 5.74) is 0.256. The Bertz CT molecular complexity index is 753. The van der Waals surface area contributed by atoms with Crippen molar-refractivity contribution in [1.82, 2.24) is 9.71 Å². The predicted octanol–water partition coefficient (Wildman–Crippen LogP) is 2.39. The van der Waals surface area contributed by atoms with Crippen LogP contribution in [-0.4, -0.2) is 20.4 Å². The molecule has 0 unspecified atom stereocenters. The zero-order valence-electron chi connectivity index (χ0n) is 11.1. The second kappa shape index (κ2) is 6.38. The lowest BCUT2D eigenvalue weighted by molar-refractivity contribution is 0.574. The third kappa shape index (κ3) is 3.69. The number of sulfonamides is 1. The highest BCUT2D eigenvalue weighted by molar-refractivity contribution is 7.89. The highest BCUT2D eigenvalue weighted by Crippen LogP contribution is 2.22. The Labute approximate surface area is 127 Å². The zero-order valence-corrected chi connectivity index (χ0v) is 12.7. The molecule has 0 amide bonds. The summed E-state index contributed by atoms with van der Waals surface area (Å²) in [6.07, 6.45) is 1.18. The van der Waals surface area contributed by atoms with Crippen LogP contribution in [0, 0.1) is 5.82 Å². The van der Waals surface area contributed by atoms with Gasteiger partial charge in [-0.2, -0.15) is 0 Å². The number of halogens is 2. The van der Waals surface area contributed by atoms with E-state index in [9.17, 15) is 12.8 Å². The minimum atomic E-state index is -3.81. The average molecular weight is 330 g/mol. The fourth-order valence-electron chi connectivity index (χ4n) is 1.65. The maximum absolute atomic E-state index is 13.5. The van der Waals surface area contributed by atoms with Crippen LogP contribution >= 0.6 is 11.6 Å². The van der Waals surface area contributed by atoms with Crippen molar-refractivity contribution in [2.75, 3.05) is 12.4 Å². The number of hydrogen-bond donors (Lipinski definition) is 2. The van der Waals surface area contributed by atoms with Crippen LogP contribution in [0.5, 0.6) is 0 Å². The lowest BCUT2D eigenvalue weighted by Crippen LogP contribution is -2.24. The molecule has 5 nitrogen and oxygen atoms in total. The molecular formula is C13H13ClFN3O2S. The normalized spacial score (nSPS) is 11.4. The quantitative estimate of drug-likeness (QED) is 0.883. The topological polar surface area (TPSA) is 71.1 Å². The summed E-state index contributed by atoms with van der Waals surface area (Å²) >= 11 is 5.90. The Morgan fingerprint density at radius 1 is 1.33 bits per heavy atom. The first-order valence-corrected chi connectivity index (χ1v) is 7.86. The van der Waals surface area contributed by atoms with Crippen LogP contribution in [-0.2, 0) is 16.6 Å². The second-order valence-corrected chi connectivity index (χ2v) is 6.34. The Hall–Kier alpha value is -1.70. The molecule has 0 bridgehead atoms. The van der Waals surface area contributed by atoms with Gasteiger partial charge in [0.1, 0.15) is 16.5 Å². The van der Waals surface area contributed by atoms with E-state index in [0.717, 1.165) is 0 Å². The SMILES string of the molecule is CNc1ncc(S(=O)(=O)NCc2ccccc2F)cc1Cl. The fraction of sp³-hybridized carbons (Fsp3) is 0.154. The molecule has 1 aromatic heterocycles. The fourth-order valence-corrected chi connectivity index (χ4v) is 2.95. The van der Waals surface area contributed by atoms with Crippen LogP contribution in [0.4, 0.5) is 10.2 Å². The van der Waals surface area contributed by atoms with Crippen molar-refractivity contribution in [3.8, 4) is 0 Å². The smallest absolute Gasteiger partial charge is 0.242 e. The summed E-state index contributed by atoms with van der Waals surface area (Å²) in [6, 6.07) is 7.22. The Morgan fingerprint density at radius 2 is 2.05 bits per heavy atom. The lowest BCUT2D eigenvalue weighted by atomic mass is 10.2. The van der Waals surface area contributed by atoms with Crippen molar-refractivity contribution in [1.29, 1.82) is 0 Å². The lowest BCUT2D eigenvalue weighted by Gasteiger charge is -2.09. The van der Waals surface area contributed by atoms with Gasteiger partial charge in [0.25, 0.3) is 0 Å². The number of hydrogen-bond acceptors (Lipinski definition) is 4. The van der Waals surface area contributed by atoms with E-state index in [1.807, 2.05) is 0 Å². The number of benzene rings is 1. The first kappa shape index (κ1) is 15.7. The van der Waals surface area contributed by atoms with Gasteiger partial charge >= 0.3 is 0 Å². The molecule has 2 aromatic rings. The maximum atomic E-state index is 13.5. The predicted molar refractivity (Wildman–Crippen MR) is 79.2 cm³/mol. The maximum Gasteiger partial charge on any atom is 0.242 e. The molecule has 2 N–H and O–H groups in total. The van der Waals surface area contributed by atoms with E-state index in [0.29, 0.717) is 5.82 Å². The third-order valence-corrected chi connectivity index (χ3v) is 4.43. The molecule has 0 radical (unpaired) electrons. The number of pyridine rings is 1. The molecule has 8 heteroatoms. The standard InChI is InChI=1S/C13H13ClFN3O2S/c1-16-13-11(14)6-10(8-17-13)21(19,20)18-7-9-4-2-3-5-12(9)15/h2-6,8,18H,7H2,1H3,(H,16,17). The van der Waals surface area contributed by atoms with E-state index < -0.39 is 15.8 Å². The summed E-state index contributed by atoms with van der Waals surface area (Å²) in [6.45, 7) is -0.152. The zero-order chi connectivity index (χ0) is 15.5. The first-order valence-electron chi connectivity index (χ1n) is 6.00. The largest absolute Gasteiger partial charge is 0.372 e. The molecule has 112 valence electrons. The van der Waals surface area contributed by atoms with Gasteiger partial charge in [-0.05, 0) is 12.1 Å². The number of nitrogens with one attached hydrogen (secondary N) is 2. The van der Waals surface area contributed by atoms with E-state index in [4.69, 9.17) is 11.6 Å².